The Morgan fingerprint density at radius 3 is 2.61 bits per heavy atom. The fourth-order valence-electron chi connectivity index (χ4n) is 4.39. The number of anilines is 1. The molecule has 0 saturated carbocycles. The summed E-state index contributed by atoms with van der Waals surface area (Å²) in [6.07, 6.45) is 3.04. The molecule has 2 aliphatic rings. The maximum Gasteiger partial charge on any atom is 0.326 e. The topological polar surface area (TPSA) is 126 Å². The number of ether oxygens (including phenoxy) is 3. The van der Waals surface area contributed by atoms with E-state index in [-0.39, 0.29) is 36.0 Å². The predicted molar refractivity (Wildman–Crippen MR) is 132 cm³/mol. The number of esters is 1. The zero-order chi connectivity index (χ0) is 25.2. The van der Waals surface area contributed by atoms with Gasteiger partial charge in [-0.15, -0.1) is 0 Å². The van der Waals surface area contributed by atoms with Crippen LogP contribution in [0, 0.1) is 10.1 Å². The van der Waals surface area contributed by atoms with Crippen molar-refractivity contribution in [3.05, 3.63) is 50.8 Å². The number of hydrogen-bond donors (Lipinski definition) is 0. The van der Waals surface area contributed by atoms with Crippen LogP contribution in [0.15, 0.2) is 35.3 Å². The lowest BCUT2D eigenvalue weighted by Gasteiger charge is -2.28. The molecule has 2 aromatic carbocycles. The summed E-state index contributed by atoms with van der Waals surface area (Å²) in [6.45, 7) is 3.35. The van der Waals surface area contributed by atoms with E-state index in [9.17, 15) is 19.7 Å². The molecule has 0 radical (unpaired) electrons. The Morgan fingerprint density at radius 2 is 1.89 bits per heavy atom. The summed E-state index contributed by atoms with van der Waals surface area (Å²) in [4.78, 5) is 43.3. The van der Waals surface area contributed by atoms with Crippen LogP contribution in [0.3, 0.4) is 0 Å². The molecule has 36 heavy (non-hydrogen) atoms. The van der Waals surface area contributed by atoms with Crippen LogP contribution < -0.4 is 19.2 Å². The minimum absolute atomic E-state index is 0.0942. The third-order valence-electron chi connectivity index (χ3n) is 6.08. The second-order valence-electron chi connectivity index (χ2n) is 8.37. The van der Waals surface area contributed by atoms with Gasteiger partial charge in [-0.3, -0.25) is 19.7 Å². The highest BCUT2D eigenvalue weighted by Gasteiger charge is 2.24. The van der Waals surface area contributed by atoms with Crippen molar-refractivity contribution in [2.75, 3.05) is 31.4 Å². The number of amides is 1. The Bertz CT molecular complexity index is 1420. The average molecular weight is 513 g/mol. The van der Waals surface area contributed by atoms with Gasteiger partial charge in [-0.25, -0.2) is 0 Å². The monoisotopic (exact) mass is 512 g/mol. The van der Waals surface area contributed by atoms with Crippen molar-refractivity contribution in [3.8, 4) is 11.5 Å². The quantitative estimate of drug-likeness (QED) is 0.278. The van der Waals surface area contributed by atoms with Crippen LogP contribution in [-0.4, -0.2) is 47.9 Å². The molecular formula is C24H24N4O7S. The smallest absolute Gasteiger partial charge is 0.326 e. The summed E-state index contributed by atoms with van der Waals surface area (Å²) in [7, 11) is 0. The number of rotatable bonds is 6. The maximum atomic E-state index is 13.1. The van der Waals surface area contributed by atoms with Crippen molar-refractivity contribution in [1.82, 2.24) is 4.57 Å². The van der Waals surface area contributed by atoms with E-state index in [1.54, 1.807) is 35.8 Å². The van der Waals surface area contributed by atoms with E-state index in [1.807, 2.05) is 4.90 Å². The first-order valence-electron chi connectivity index (χ1n) is 11.7. The average Bonchev–Trinajstić information content (AvgIpc) is 3.46. The molecule has 3 heterocycles. The lowest BCUT2D eigenvalue weighted by Crippen LogP contribution is -2.30. The largest absolute Gasteiger partial charge is 0.465 e. The van der Waals surface area contributed by atoms with Crippen LogP contribution in [0.25, 0.3) is 10.2 Å². The SMILES string of the molecule is CCOC(=O)Cn1c(=NC(=O)c2ccc(N3CCCCC3)c([N+](=O)[O-])c2)sc2cc3c(cc21)OCO3. The number of nitrogens with zero attached hydrogens (tertiary/aromatic N) is 4. The molecule has 1 saturated heterocycles. The summed E-state index contributed by atoms with van der Waals surface area (Å²) in [5.41, 5.74) is 1.11. The van der Waals surface area contributed by atoms with Gasteiger partial charge >= 0.3 is 5.97 Å². The summed E-state index contributed by atoms with van der Waals surface area (Å²) >= 11 is 1.20. The minimum Gasteiger partial charge on any atom is -0.465 e. The highest BCUT2D eigenvalue weighted by atomic mass is 32.1. The molecule has 188 valence electrons. The Hall–Kier alpha value is -3.93. The van der Waals surface area contributed by atoms with E-state index in [0.717, 1.165) is 37.1 Å². The molecule has 0 N–H and O–H groups in total. The van der Waals surface area contributed by atoms with Crippen LogP contribution >= 0.6 is 11.3 Å². The van der Waals surface area contributed by atoms with Gasteiger partial charge in [0.2, 0.25) is 6.79 Å². The summed E-state index contributed by atoms with van der Waals surface area (Å²) in [6, 6.07) is 7.95. The molecule has 0 spiro atoms. The molecule has 11 nitrogen and oxygen atoms in total. The number of nitro groups is 1. The van der Waals surface area contributed by atoms with Gasteiger partial charge in [0.15, 0.2) is 16.3 Å². The van der Waals surface area contributed by atoms with Crippen LogP contribution in [0.2, 0.25) is 0 Å². The normalized spacial score (nSPS) is 15.4. The molecule has 5 rings (SSSR count). The second-order valence-corrected chi connectivity index (χ2v) is 9.38. The summed E-state index contributed by atoms with van der Waals surface area (Å²) in [5.74, 6) is -0.0358. The van der Waals surface area contributed by atoms with Crippen molar-refractivity contribution in [3.63, 3.8) is 0 Å². The van der Waals surface area contributed by atoms with Gasteiger partial charge in [0, 0.05) is 36.9 Å². The number of nitro benzene ring substituents is 1. The van der Waals surface area contributed by atoms with Crippen LogP contribution in [0.1, 0.15) is 36.5 Å². The Balaban J connectivity index is 1.55. The van der Waals surface area contributed by atoms with Crippen molar-refractivity contribution >= 4 is 44.8 Å². The molecule has 0 bridgehead atoms. The molecule has 0 atom stereocenters. The van der Waals surface area contributed by atoms with Gasteiger partial charge in [0.05, 0.1) is 21.7 Å². The lowest BCUT2D eigenvalue weighted by atomic mass is 10.1. The van der Waals surface area contributed by atoms with E-state index < -0.39 is 16.8 Å². The van der Waals surface area contributed by atoms with Gasteiger partial charge < -0.3 is 23.7 Å². The number of carbonyl (C=O) groups is 2. The Labute approximate surface area is 209 Å². The Kier molecular flexibility index (Phi) is 6.59. The molecule has 1 fully saturated rings. The van der Waals surface area contributed by atoms with Crippen molar-refractivity contribution < 1.29 is 28.7 Å². The molecule has 2 aliphatic heterocycles. The number of hydrogen-bond acceptors (Lipinski definition) is 9. The zero-order valence-electron chi connectivity index (χ0n) is 19.6. The Morgan fingerprint density at radius 1 is 1.14 bits per heavy atom. The number of carbonyl (C=O) groups excluding carboxylic acids is 2. The predicted octanol–water partition coefficient (Wildman–Crippen LogP) is 3.63. The van der Waals surface area contributed by atoms with Crippen molar-refractivity contribution in [2.45, 2.75) is 32.7 Å². The van der Waals surface area contributed by atoms with E-state index >= 15 is 0 Å². The molecule has 12 heteroatoms. The molecule has 0 aliphatic carbocycles. The summed E-state index contributed by atoms with van der Waals surface area (Å²) < 4.78 is 18.3. The molecule has 1 aromatic heterocycles. The second kappa shape index (κ2) is 9.97. The van der Waals surface area contributed by atoms with Gasteiger partial charge in [-0.05, 0) is 38.3 Å². The van der Waals surface area contributed by atoms with E-state index in [2.05, 4.69) is 4.99 Å². The molecule has 1 amide bonds. The van der Waals surface area contributed by atoms with Gasteiger partial charge in [0.1, 0.15) is 12.2 Å². The lowest BCUT2D eigenvalue weighted by molar-refractivity contribution is -0.384. The first-order chi connectivity index (χ1) is 17.4. The fourth-order valence-corrected chi connectivity index (χ4v) is 5.43. The first-order valence-corrected chi connectivity index (χ1v) is 12.5. The van der Waals surface area contributed by atoms with Gasteiger partial charge in [-0.1, -0.05) is 11.3 Å². The molecular weight excluding hydrogens is 488 g/mol. The van der Waals surface area contributed by atoms with Crippen LogP contribution in [0.4, 0.5) is 11.4 Å². The third-order valence-corrected chi connectivity index (χ3v) is 7.12. The van der Waals surface area contributed by atoms with Crippen LogP contribution in [-0.2, 0) is 16.1 Å². The molecule has 0 unspecified atom stereocenters. The van der Waals surface area contributed by atoms with E-state index in [4.69, 9.17) is 14.2 Å². The standard InChI is InChI=1S/C24H24N4O7S/c1-2-33-22(29)13-27-18-11-19-20(35-14-34-19)12-21(18)36-24(27)25-23(30)15-6-7-16(17(10-15)28(31)32)26-8-4-3-5-9-26/h6-7,10-12H,2-5,8-9,13-14H2,1H3. The van der Waals surface area contributed by atoms with Gasteiger partial charge in [0.25, 0.3) is 11.6 Å². The summed E-state index contributed by atoms with van der Waals surface area (Å²) in [5, 5.41) is 11.8. The van der Waals surface area contributed by atoms with Crippen molar-refractivity contribution in [2.24, 2.45) is 4.99 Å². The van der Waals surface area contributed by atoms with Crippen LogP contribution in [0.5, 0.6) is 11.5 Å². The first kappa shape index (κ1) is 23.8. The van der Waals surface area contributed by atoms with Gasteiger partial charge in [-0.2, -0.15) is 4.99 Å². The highest BCUT2D eigenvalue weighted by Crippen LogP contribution is 2.37. The minimum atomic E-state index is -0.646. The third kappa shape index (κ3) is 4.63. The number of aromatic nitrogens is 1. The highest BCUT2D eigenvalue weighted by molar-refractivity contribution is 7.16. The maximum absolute atomic E-state index is 13.1. The molecule has 3 aromatic rings. The fraction of sp³-hybridized carbons (Fsp3) is 0.375. The van der Waals surface area contributed by atoms with E-state index in [0.29, 0.717) is 22.7 Å². The zero-order valence-corrected chi connectivity index (χ0v) is 20.4. The van der Waals surface area contributed by atoms with E-state index in [1.165, 1.54) is 17.4 Å². The number of piperidine rings is 1. The number of fused-ring (bicyclic) bond motifs is 2. The van der Waals surface area contributed by atoms with Crippen molar-refractivity contribution in [1.29, 1.82) is 0 Å². The number of benzene rings is 2. The number of thiazole rings is 1.